The third-order valence-corrected chi connectivity index (χ3v) is 6.79. The van der Waals surface area contributed by atoms with Gasteiger partial charge in [0, 0.05) is 55.9 Å². The normalized spacial score (nSPS) is 15.4. The van der Waals surface area contributed by atoms with Crippen molar-refractivity contribution in [3.8, 4) is 0 Å². The van der Waals surface area contributed by atoms with Crippen LogP contribution in [0.1, 0.15) is 25.0 Å². The van der Waals surface area contributed by atoms with Gasteiger partial charge in [-0.3, -0.25) is 9.69 Å². The van der Waals surface area contributed by atoms with Crippen molar-refractivity contribution in [1.82, 2.24) is 9.27 Å². The van der Waals surface area contributed by atoms with Crippen LogP contribution in [0.3, 0.4) is 0 Å². The molecule has 172 valence electrons. The summed E-state index contributed by atoms with van der Waals surface area (Å²) < 4.78 is 5.94. The number of aliphatic hydroxyl groups is 1. The van der Waals surface area contributed by atoms with Gasteiger partial charge in [0.1, 0.15) is 5.82 Å². The molecule has 0 saturated carbocycles. The van der Waals surface area contributed by atoms with Gasteiger partial charge in [0.15, 0.2) is 0 Å². The first-order chi connectivity index (χ1) is 15.7. The SMILES string of the molecule is CC.CO.O=C1Cc2cc(CCN3CCN(c4nsc5ccccc45)CC3)c(Cl)cc2N1. The first kappa shape index (κ1) is 24.5. The first-order valence-electron chi connectivity index (χ1n) is 11.0. The minimum atomic E-state index is 0.0499. The number of carbonyl (C=O) groups excluding carboxylic acids is 1. The van der Waals surface area contributed by atoms with Gasteiger partial charge >= 0.3 is 0 Å². The van der Waals surface area contributed by atoms with Gasteiger partial charge < -0.3 is 15.3 Å². The molecule has 3 heterocycles. The largest absolute Gasteiger partial charge is 0.400 e. The van der Waals surface area contributed by atoms with Crippen molar-refractivity contribution >= 4 is 50.6 Å². The van der Waals surface area contributed by atoms with E-state index in [9.17, 15) is 4.79 Å². The molecule has 1 amide bonds. The second-order valence-corrected chi connectivity index (χ2v) is 8.62. The number of hydrogen-bond donors (Lipinski definition) is 2. The summed E-state index contributed by atoms with van der Waals surface area (Å²) in [5.74, 6) is 1.17. The highest BCUT2D eigenvalue weighted by molar-refractivity contribution is 7.13. The van der Waals surface area contributed by atoms with E-state index < -0.39 is 0 Å². The van der Waals surface area contributed by atoms with Crippen molar-refractivity contribution in [2.24, 2.45) is 0 Å². The first-order valence-corrected chi connectivity index (χ1v) is 12.2. The number of fused-ring (bicyclic) bond motifs is 2. The van der Waals surface area contributed by atoms with E-state index in [0.717, 1.165) is 73.9 Å². The molecular formula is C24H31ClN4O2S. The van der Waals surface area contributed by atoms with E-state index in [0.29, 0.717) is 6.42 Å². The number of amides is 1. The molecule has 5 rings (SSSR count). The number of rotatable bonds is 4. The Morgan fingerprint density at radius 2 is 1.84 bits per heavy atom. The van der Waals surface area contributed by atoms with E-state index in [4.69, 9.17) is 16.7 Å². The van der Waals surface area contributed by atoms with Crippen LogP contribution in [0.4, 0.5) is 11.5 Å². The summed E-state index contributed by atoms with van der Waals surface area (Å²) >= 11 is 8.01. The Labute approximate surface area is 199 Å². The van der Waals surface area contributed by atoms with Gasteiger partial charge in [-0.15, -0.1) is 0 Å². The maximum Gasteiger partial charge on any atom is 0.228 e. The van der Waals surface area contributed by atoms with Crippen LogP contribution in [-0.2, 0) is 17.6 Å². The summed E-state index contributed by atoms with van der Waals surface area (Å²) in [6.07, 6.45) is 1.36. The van der Waals surface area contributed by atoms with Crippen molar-refractivity contribution in [3.63, 3.8) is 0 Å². The molecule has 0 unspecified atom stereocenters. The molecule has 3 aromatic rings. The number of halogens is 1. The number of benzene rings is 2. The van der Waals surface area contributed by atoms with E-state index in [1.807, 2.05) is 19.9 Å². The molecule has 2 aliphatic heterocycles. The van der Waals surface area contributed by atoms with Gasteiger partial charge in [0.25, 0.3) is 0 Å². The lowest BCUT2D eigenvalue weighted by atomic mass is 10.1. The van der Waals surface area contributed by atoms with E-state index in [-0.39, 0.29) is 5.91 Å². The van der Waals surface area contributed by atoms with Gasteiger partial charge in [-0.2, -0.15) is 4.37 Å². The Morgan fingerprint density at radius 1 is 1.12 bits per heavy atom. The van der Waals surface area contributed by atoms with Crippen LogP contribution in [0.5, 0.6) is 0 Å². The van der Waals surface area contributed by atoms with Crippen LogP contribution >= 0.6 is 23.1 Å². The van der Waals surface area contributed by atoms with Gasteiger partial charge in [0.05, 0.1) is 11.1 Å². The lowest BCUT2D eigenvalue weighted by molar-refractivity contribution is -0.115. The molecule has 2 aliphatic rings. The van der Waals surface area contributed by atoms with Crippen LogP contribution in [0.25, 0.3) is 10.1 Å². The van der Waals surface area contributed by atoms with Crippen LogP contribution in [0, 0.1) is 0 Å². The smallest absolute Gasteiger partial charge is 0.228 e. The average molecular weight is 475 g/mol. The zero-order valence-electron chi connectivity index (χ0n) is 18.9. The Balaban J connectivity index is 0.000000686. The van der Waals surface area contributed by atoms with Crippen LogP contribution in [0.2, 0.25) is 5.02 Å². The summed E-state index contributed by atoms with van der Waals surface area (Å²) in [5.41, 5.74) is 3.05. The van der Waals surface area contributed by atoms with E-state index in [1.165, 1.54) is 10.1 Å². The average Bonchev–Trinajstić information content (AvgIpc) is 3.43. The molecule has 2 N–H and O–H groups in total. The third-order valence-electron chi connectivity index (χ3n) is 5.62. The third kappa shape index (κ3) is 5.41. The minimum absolute atomic E-state index is 0.0499. The zero-order chi connectivity index (χ0) is 23.1. The Kier molecular flexibility index (Phi) is 8.87. The van der Waals surface area contributed by atoms with Crippen molar-refractivity contribution in [1.29, 1.82) is 0 Å². The standard InChI is InChI=1S/C21H21ClN4OS.C2H6.CH4O/c22-17-13-18-15(12-20(27)23-18)11-14(17)5-6-25-7-9-26(10-8-25)21-16-3-1-2-4-19(16)28-24-21;2*1-2/h1-4,11,13H,5-10,12H2,(H,23,27);1-2H3;2H,1H3. The minimum Gasteiger partial charge on any atom is -0.400 e. The predicted octanol–water partition coefficient (Wildman–Crippen LogP) is 4.44. The maximum atomic E-state index is 11.6. The second kappa shape index (κ2) is 11.6. The van der Waals surface area contributed by atoms with Crippen molar-refractivity contribution < 1.29 is 9.90 Å². The van der Waals surface area contributed by atoms with Crippen molar-refractivity contribution in [3.05, 3.63) is 52.5 Å². The Bertz CT molecular complexity index is 1050. The molecule has 0 radical (unpaired) electrons. The number of piperazine rings is 1. The molecule has 0 atom stereocenters. The van der Waals surface area contributed by atoms with Crippen LogP contribution < -0.4 is 10.2 Å². The zero-order valence-corrected chi connectivity index (χ0v) is 20.5. The number of nitrogens with one attached hydrogen (secondary N) is 1. The van der Waals surface area contributed by atoms with Crippen molar-refractivity contribution in [2.75, 3.05) is 50.1 Å². The van der Waals surface area contributed by atoms with E-state index in [1.54, 1.807) is 11.5 Å². The molecule has 0 bridgehead atoms. The molecule has 1 fully saturated rings. The van der Waals surface area contributed by atoms with Crippen molar-refractivity contribution in [2.45, 2.75) is 26.7 Å². The Morgan fingerprint density at radius 3 is 2.59 bits per heavy atom. The monoisotopic (exact) mass is 474 g/mol. The molecule has 0 aliphatic carbocycles. The van der Waals surface area contributed by atoms with E-state index in [2.05, 4.69) is 49.8 Å². The maximum absolute atomic E-state index is 11.6. The highest BCUT2D eigenvalue weighted by Crippen LogP contribution is 2.31. The van der Waals surface area contributed by atoms with Gasteiger partial charge in [-0.05, 0) is 47.3 Å². The molecule has 6 nitrogen and oxygen atoms in total. The summed E-state index contributed by atoms with van der Waals surface area (Å²) in [6, 6.07) is 12.4. The fourth-order valence-corrected chi connectivity index (χ4v) is 5.11. The lowest BCUT2D eigenvalue weighted by Gasteiger charge is -2.35. The predicted molar refractivity (Wildman–Crippen MR) is 135 cm³/mol. The van der Waals surface area contributed by atoms with E-state index >= 15 is 0 Å². The number of aliphatic hydroxyl groups excluding tert-OH is 1. The molecule has 32 heavy (non-hydrogen) atoms. The summed E-state index contributed by atoms with van der Waals surface area (Å²) in [5, 5.41) is 11.9. The second-order valence-electron chi connectivity index (χ2n) is 7.41. The van der Waals surface area contributed by atoms with Gasteiger partial charge in [0.2, 0.25) is 5.91 Å². The van der Waals surface area contributed by atoms with Crippen LogP contribution in [-0.4, -0.2) is 60.1 Å². The number of aromatic nitrogens is 1. The fraction of sp³-hybridized carbons (Fsp3) is 0.417. The quantitative estimate of drug-likeness (QED) is 0.585. The molecule has 1 saturated heterocycles. The van der Waals surface area contributed by atoms with Gasteiger partial charge in [-0.1, -0.05) is 43.6 Å². The summed E-state index contributed by atoms with van der Waals surface area (Å²) in [4.78, 5) is 16.4. The summed E-state index contributed by atoms with van der Waals surface area (Å²) in [7, 11) is 1.00. The molecular weight excluding hydrogens is 444 g/mol. The van der Waals surface area contributed by atoms with Crippen LogP contribution in [0.15, 0.2) is 36.4 Å². The highest BCUT2D eigenvalue weighted by Gasteiger charge is 2.22. The molecule has 8 heteroatoms. The number of hydrogen-bond acceptors (Lipinski definition) is 6. The topological polar surface area (TPSA) is 68.7 Å². The number of anilines is 2. The van der Waals surface area contributed by atoms with Gasteiger partial charge in [-0.25, -0.2) is 0 Å². The molecule has 0 spiro atoms. The molecule has 1 aromatic heterocycles. The lowest BCUT2D eigenvalue weighted by Crippen LogP contribution is -2.47. The highest BCUT2D eigenvalue weighted by atomic mass is 35.5. The molecule has 2 aromatic carbocycles. The fourth-order valence-electron chi connectivity index (χ4n) is 4.05. The number of nitrogens with zero attached hydrogens (tertiary/aromatic N) is 3. The summed E-state index contributed by atoms with van der Waals surface area (Å²) in [6.45, 7) is 9.00. The number of carbonyl (C=O) groups is 1. The Hall–Kier alpha value is -2.19.